The van der Waals surface area contributed by atoms with Gasteiger partial charge >= 0.3 is 11.9 Å². The molecule has 0 aliphatic heterocycles. The van der Waals surface area contributed by atoms with E-state index in [1.807, 2.05) is 6.07 Å². The van der Waals surface area contributed by atoms with E-state index in [1.165, 1.54) is 18.2 Å². The van der Waals surface area contributed by atoms with Crippen molar-refractivity contribution in [2.75, 3.05) is 13.2 Å². The lowest BCUT2D eigenvalue weighted by Gasteiger charge is -2.09. The molecule has 94 valence electrons. The van der Waals surface area contributed by atoms with Crippen LogP contribution in [0, 0.1) is 11.3 Å². The molecule has 0 saturated heterocycles. The largest absolute Gasteiger partial charge is 0.462 e. The molecular weight excluding hydrogens is 234 g/mol. The molecule has 5 heteroatoms. The normalized spacial score (nSPS) is 9.39. The first-order chi connectivity index (χ1) is 8.65. The van der Waals surface area contributed by atoms with Crippen LogP contribution in [0.2, 0.25) is 0 Å². The summed E-state index contributed by atoms with van der Waals surface area (Å²) in [5.74, 6) is -1.34. The van der Waals surface area contributed by atoms with E-state index in [2.05, 4.69) is 0 Å². The fraction of sp³-hybridized carbons (Fsp3) is 0.308. The fourth-order valence-corrected chi connectivity index (χ4v) is 1.45. The van der Waals surface area contributed by atoms with Crippen LogP contribution >= 0.6 is 0 Å². The van der Waals surface area contributed by atoms with E-state index in [-0.39, 0.29) is 29.9 Å². The summed E-state index contributed by atoms with van der Waals surface area (Å²) in [5.41, 5.74) is 0.105. The Labute approximate surface area is 105 Å². The van der Waals surface area contributed by atoms with Gasteiger partial charge in [0.1, 0.15) is 6.07 Å². The van der Waals surface area contributed by atoms with Crippen LogP contribution < -0.4 is 0 Å². The molecule has 1 aromatic carbocycles. The minimum atomic E-state index is -0.697. The molecule has 0 amide bonds. The molecule has 0 aliphatic rings. The quantitative estimate of drug-likeness (QED) is 0.759. The zero-order chi connectivity index (χ0) is 13.5. The Morgan fingerprint density at radius 1 is 1.17 bits per heavy atom. The van der Waals surface area contributed by atoms with Gasteiger partial charge in [-0.1, -0.05) is 6.07 Å². The first kappa shape index (κ1) is 13.7. The van der Waals surface area contributed by atoms with Gasteiger partial charge in [-0.25, -0.2) is 9.59 Å². The van der Waals surface area contributed by atoms with E-state index in [0.29, 0.717) is 0 Å². The van der Waals surface area contributed by atoms with Gasteiger partial charge in [0.15, 0.2) is 0 Å². The Balaban J connectivity index is 3.30. The standard InChI is InChI=1S/C13H13NO4/c1-3-17-12(15)10-7-5-6-9(8-14)11(10)13(16)18-4-2/h5-7H,3-4H2,1-2H3. The second-order valence-corrected chi connectivity index (χ2v) is 3.28. The molecule has 0 saturated carbocycles. The van der Waals surface area contributed by atoms with Crippen molar-refractivity contribution in [2.24, 2.45) is 0 Å². The highest BCUT2D eigenvalue weighted by Gasteiger charge is 2.22. The number of carbonyl (C=O) groups is 2. The predicted molar refractivity (Wildman–Crippen MR) is 63.1 cm³/mol. The highest BCUT2D eigenvalue weighted by Crippen LogP contribution is 2.17. The summed E-state index contributed by atoms with van der Waals surface area (Å²) in [6.45, 7) is 3.67. The number of hydrogen-bond donors (Lipinski definition) is 0. The lowest BCUT2D eigenvalue weighted by Crippen LogP contribution is -2.15. The molecule has 5 nitrogen and oxygen atoms in total. The third-order valence-electron chi connectivity index (χ3n) is 2.16. The van der Waals surface area contributed by atoms with Crippen LogP contribution in [0.5, 0.6) is 0 Å². The lowest BCUT2D eigenvalue weighted by atomic mass is 10.0. The molecule has 0 aromatic heterocycles. The van der Waals surface area contributed by atoms with Crippen LogP contribution in [0.25, 0.3) is 0 Å². The van der Waals surface area contributed by atoms with E-state index < -0.39 is 11.9 Å². The van der Waals surface area contributed by atoms with Crippen molar-refractivity contribution in [1.82, 2.24) is 0 Å². The van der Waals surface area contributed by atoms with Gasteiger partial charge in [0.2, 0.25) is 0 Å². The molecule has 1 aromatic rings. The van der Waals surface area contributed by atoms with E-state index in [1.54, 1.807) is 13.8 Å². The summed E-state index contributed by atoms with van der Waals surface area (Å²) in [4.78, 5) is 23.5. The molecule has 1 rings (SSSR count). The summed E-state index contributed by atoms with van der Waals surface area (Å²) in [5, 5.41) is 8.96. The van der Waals surface area contributed by atoms with Gasteiger partial charge in [-0.2, -0.15) is 5.26 Å². The smallest absolute Gasteiger partial charge is 0.340 e. The molecule has 0 unspecified atom stereocenters. The number of rotatable bonds is 4. The fourth-order valence-electron chi connectivity index (χ4n) is 1.45. The monoisotopic (exact) mass is 247 g/mol. The van der Waals surface area contributed by atoms with E-state index >= 15 is 0 Å². The average molecular weight is 247 g/mol. The van der Waals surface area contributed by atoms with Crippen molar-refractivity contribution < 1.29 is 19.1 Å². The molecule has 0 atom stereocenters. The number of benzene rings is 1. The van der Waals surface area contributed by atoms with Crippen molar-refractivity contribution in [3.8, 4) is 6.07 Å². The van der Waals surface area contributed by atoms with Crippen LogP contribution in [0.3, 0.4) is 0 Å². The van der Waals surface area contributed by atoms with Crippen LogP contribution in [0.15, 0.2) is 18.2 Å². The van der Waals surface area contributed by atoms with E-state index in [4.69, 9.17) is 14.7 Å². The SMILES string of the molecule is CCOC(=O)c1cccc(C#N)c1C(=O)OCC. The summed E-state index contributed by atoms with van der Waals surface area (Å²) in [6, 6.07) is 6.27. The number of ether oxygens (including phenoxy) is 2. The van der Waals surface area contributed by atoms with Crippen molar-refractivity contribution in [2.45, 2.75) is 13.8 Å². The van der Waals surface area contributed by atoms with Gasteiger partial charge in [0.25, 0.3) is 0 Å². The molecule has 0 N–H and O–H groups in total. The maximum absolute atomic E-state index is 11.8. The molecule has 0 bridgehead atoms. The van der Waals surface area contributed by atoms with Crippen molar-refractivity contribution in [3.05, 3.63) is 34.9 Å². The van der Waals surface area contributed by atoms with Crippen molar-refractivity contribution >= 4 is 11.9 Å². The second-order valence-electron chi connectivity index (χ2n) is 3.28. The van der Waals surface area contributed by atoms with Crippen molar-refractivity contribution in [3.63, 3.8) is 0 Å². The molecule has 0 spiro atoms. The molecule has 0 heterocycles. The van der Waals surface area contributed by atoms with Gasteiger partial charge in [-0.05, 0) is 26.0 Å². The van der Waals surface area contributed by atoms with Gasteiger partial charge in [0, 0.05) is 0 Å². The van der Waals surface area contributed by atoms with Gasteiger partial charge in [0.05, 0.1) is 29.9 Å². The minimum absolute atomic E-state index is 0.0414. The van der Waals surface area contributed by atoms with Crippen LogP contribution in [-0.4, -0.2) is 25.2 Å². The Hall–Kier alpha value is -2.35. The lowest BCUT2D eigenvalue weighted by molar-refractivity contribution is 0.0478. The Bertz CT molecular complexity index is 502. The molecule has 18 heavy (non-hydrogen) atoms. The zero-order valence-corrected chi connectivity index (χ0v) is 10.2. The average Bonchev–Trinajstić information content (AvgIpc) is 2.38. The van der Waals surface area contributed by atoms with E-state index in [0.717, 1.165) is 0 Å². The van der Waals surface area contributed by atoms with Crippen LogP contribution in [0.4, 0.5) is 0 Å². The van der Waals surface area contributed by atoms with Crippen LogP contribution in [-0.2, 0) is 9.47 Å². The maximum Gasteiger partial charge on any atom is 0.340 e. The van der Waals surface area contributed by atoms with E-state index in [9.17, 15) is 9.59 Å². The van der Waals surface area contributed by atoms with Crippen molar-refractivity contribution in [1.29, 1.82) is 5.26 Å². The Kier molecular flexibility index (Phi) is 4.88. The number of esters is 2. The minimum Gasteiger partial charge on any atom is -0.462 e. The number of nitrogens with zero attached hydrogens (tertiary/aromatic N) is 1. The second kappa shape index (κ2) is 6.40. The summed E-state index contributed by atoms with van der Waals surface area (Å²) in [7, 11) is 0. The Morgan fingerprint density at radius 3 is 2.33 bits per heavy atom. The summed E-state index contributed by atoms with van der Waals surface area (Å²) >= 11 is 0. The predicted octanol–water partition coefficient (Wildman–Crippen LogP) is 1.91. The van der Waals surface area contributed by atoms with Gasteiger partial charge < -0.3 is 9.47 Å². The first-order valence-electron chi connectivity index (χ1n) is 5.53. The highest BCUT2D eigenvalue weighted by atomic mass is 16.5. The summed E-state index contributed by atoms with van der Waals surface area (Å²) < 4.78 is 9.68. The molecule has 0 fully saturated rings. The third-order valence-corrected chi connectivity index (χ3v) is 2.16. The maximum atomic E-state index is 11.8. The number of carbonyl (C=O) groups excluding carboxylic acids is 2. The zero-order valence-electron chi connectivity index (χ0n) is 10.2. The first-order valence-corrected chi connectivity index (χ1v) is 5.53. The molecule has 0 radical (unpaired) electrons. The number of nitriles is 1. The topological polar surface area (TPSA) is 76.4 Å². The Morgan fingerprint density at radius 2 is 1.78 bits per heavy atom. The van der Waals surface area contributed by atoms with Gasteiger partial charge in [-0.3, -0.25) is 0 Å². The number of hydrogen-bond acceptors (Lipinski definition) is 5. The highest BCUT2D eigenvalue weighted by molar-refractivity contribution is 6.04. The molecule has 0 aliphatic carbocycles. The van der Waals surface area contributed by atoms with Gasteiger partial charge in [-0.15, -0.1) is 0 Å². The van der Waals surface area contributed by atoms with Crippen LogP contribution in [0.1, 0.15) is 40.1 Å². The third kappa shape index (κ3) is 2.86. The summed E-state index contributed by atoms with van der Waals surface area (Å²) in [6.07, 6.45) is 0. The molecular formula is C13H13NO4.